The summed E-state index contributed by atoms with van der Waals surface area (Å²) in [5.74, 6) is -0.494. The van der Waals surface area contributed by atoms with Crippen molar-refractivity contribution < 1.29 is 19.0 Å². The molecule has 0 saturated heterocycles. The summed E-state index contributed by atoms with van der Waals surface area (Å²) in [5, 5.41) is 19.8. The third-order valence-electron chi connectivity index (χ3n) is 2.38. The van der Waals surface area contributed by atoms with Gasteiger partial charge < -0.3 is 9.84 Å². The van der Waals surface area contributed by atoms with Crippen LogP contribution in [0.4, 0.5) is 4.39 Å². The number of ether oxygens (including phenoxy) is 1. The van der Waals surface area contributed by atoms with Crippen LogP contribution >= 0.6 is 11.8 Å². The van der Waals surface area contributed by atoms with Gasteiger partial charge in [0.25, 0.3) is 0 Å². The second kappa shape index (κ2) is 6.33. The lowest BCUT2D eigenvalue weighted by Crippen LogP contribution is -2.11. The minimum absolute atomic E-state index is 0.324. The van der Waals surface area contributed by atoms with E-state index in [0.717, 1.165) is 0 Å². The number of aliphatic carboxylic acids is 1. The van der Waals surface area contributed by atoms with Crippen molar-refractivity contribution in [1.82, 2.24) is 20.2 Å². The van der Waals surface area contributed by atoms with Gasteiger partial charge in [-0.3, -0.25) is 4.79 Å². The highest BCUT2D eigenvalue weighted by Crippen LogP contribution is 2.27. The second-order valence-electron chi connectivity index (χ2n) is 3.76. The number of halogens is 1. The quantitative estimate of drug-likeness (QED) is 0.801. The van der Waals surface area contributed by atoms with E-state index in [1.807, 2.05) is 0 Å². The zero-order valence-electron chi connectivity index (χ0n) is 10.5. The van der Waals surface area contributed by atoms with Crippen molar-refractivity contribution in [3.63, 3.8) is 0 Å². The Morgan fingerprint density at radius 1 is 1.55 bits per heavy atom. The fourth-order valence-electron chi connectivity index (χ4n) is 1.53. The molecular weight excluding hydrogens is 287 g/mol. The molecule has 1 heterocycles. The Morgan fingerprint density at radius 2 is 2.35 bits per heavy atom. The normalized spacial score (nSPS) is 10.5. The topological polar surface area (TPSA) is 90.1 Å². The van der Waals surface area contributed by atoms with E-state index in [9.17, 15) is 9.18 Å². The van der Waals surface area contributed by atoms with E-state index in [2.05, 4.69) is 15.5 Å². The van der Waals surface area contributed by atoms with Crippen molar-refractivity contribution in [1.29, 1.82) is 0 Å². The Labute approximate surface area is 117 Å². The van der Waals surface area contributed by atoms with Crippen LogP contribution in [0.15, 0.2) is 23.4 Å². The predicted octanol–water partition coefficient (Wildman–Crippen LogP) is 1.20. The maximum absolute atomic E-state index is 13.2. The van der Waals surface area contributed by atoms with Gasteiger partial charge in [0.15, 0.2) is 0 Å². The van der Waals surface area contributed by atoms with Crippen LogP contribution in [0.25, 0.3) is 0 Å². The number of benzene rings is 1. The minimum atomic E-state index is -1.04. The molecule has 1 aromatic carbocycles. The van der Waals surface area contributed by atoms with Gasteiger partial charge in [-0.2, -0.15) is 0 Å². The smallest absolute Gasteiger partial charge is 0.325 e. The zero-order chi connectivity index (χ0) is 14.5. The standard InChI is InChI=1S/C11H11FN4O3S/c1-19-9-3-2-8(12)4-7(9)6-20-11-13-14-15-16(11)5-10(17)18/h2-4H,5-6H2,1H3,(H,17,18). The van der Waals surface area contributed by atoms with Gasteiger partial charge in [-0.15, -0.1) is 5.10 Å². The van der Waals surface area contributed by atoms with Crippen molar-refractivity contribution in [3.05, 3.63) is 29.6 Å². The molecule has 0 aliphatic heterocycles. The van der Waals surface area contributed by atoms with Gasteiger partial charge in [-0.05, 0) is 28.6 Å². The molecule has 0 spiro atoms. The molecule has 0 unspecified atom stereocenters. The van der Waals surface area contributed by atoms with Crippen LogP contribution in [0.3, 0.4) is 0 Å². The second-order valence-corrected chi connectivity index (χ2v) is 4.70. The number of carbonyl (C=O) groups is 1. The van der Waals surface area contributed by atoms with Gasteiger partial charge in [0.05, 0.1) is 7.11 Å². The summed E-state index contributed by atoms with van der Waals surface area (Å²) in [7, 11) is 1.50. The van der Waals surface area contributed by atoms with E-state index < -0.39 is 5.97 Å². The summed E-state index contributed by atoms with van der Waals surface area (Å²) >= 11 is 1.20. The van der Waals surface area contributed by atoms with Crippen LogP contribution in [0, 0.1) is 5.82 Å². The number of thioether (sulfide) groups is 1. The molecule has 1 aromatic heterocycles. The number of hydrogen-bond donors (Lipinski definition) is 1. The van der Waals surface area contributed by atoms with Gasteiger partial charge in [0.1, 0.15) is 18.1 Å². The van der Waals surface area contributed by atoms with Crippen LogP contribution in [-0.2, 0) is 17.1 Å². The first kappa shape index (κ1) is 14.3. The van der Waals surface area contributed by atoms with Crippen LogP contribution in [0.1, 0.15) is 5.56 Å². The molecule has 9 heteroatoms. The third kappa shape index (κ3) is 3.44. The highest BCUT2D eigenvalue weighted by atomic mass is 32.2. The third-order valence-corrected chi connectivity index (χ3v) is 3.39. The number of carboxylic acid groups (broad SMARTS) is 1. The van der Waals surface area contributed by atoms with Gasteiger partial charge in [0, 0.05) is 11.3 Å². The van der Waals surface area contributed by atoms with Crippen LogP contribution in [-0.4, -0.2) is 38.4 Å². The molecule has 0 fully saturated rings. The van der Waals surface area contributed by atoms with Gasteiger partial charge >= 0.3 is 5.97 Å². The van der Waals surface area contributed by atoms with E-state index >= 15 is 0 Å². The van der Waals surface area contributed by atoms with E-state index in [0.29, 0.717) is 22.2 Å². The molecule has 0 radical (unpaired) electrons. The number of carboxylic acids is 1. The van der Waals surface area contributed by atoms with Crippen molar-refractivity contribution in [2.75, 3.05) is 7.11 Å². The lowest BCUT2D eigenvalue weighted by Gasteiger charge is -2.07. The molecule has 7 nitrogen and oxygen atoms in total. The molecular formula is C11H11FN4O3S. The van der Waals surface area contributed by atoms with Gasteiger partial charge in [-0.1, -0.05) is 11.8 Å². The number of methoxy groups -OCH3 is 1. The molecule has 0 aliphatic rings. The maximum Gasteiger partial charge on any atom is 0.325 e. The lowest BCUT2D eigenvalue weighted by atomic mass is 10.2. The Hall–Kier alpha value is -2.16. The first-order chi connectivity index (χ1) is 9.60. The number of rotatable bonds is 6. The van der Waals surface area contributed by atoms with Gasteiger partial charge in [0.2, 0.25) is 5.16 Å². The van der Waals surface area contributed by atoms with Crippen molar-refractivity contribution in [3.8, 4) is 5.75 Å². The van der Waals surface area contributed by atoms with Crippen LogP contribution in [0.2, 0.25) is 0 Å². The molecule has 0 bridgehead atoms. The van der Waals surface area contributed by atoms with Crippen LogP contribution < -0.4 is 4.74 Å². The zero-order valence-corrected chi connectivity index (χ0v) is 11.3. The summed E-state index contributed by atoms with van der Waals surface area (Å²) in [6.45, 7) is -0.324. The van der Waals surface area contributed by atoms with Crippen LogP contribution in [0.5, 0.6) is 5.75 Å². The number of tetrazole rings is 1. The predicted molar refractivity (Wildman–Crippen MR) is 68.0 cm³/mol. The molecule has 1 N–H and O–H groups in total. The van der Waals surface area contributed by atoms with Crippen molar-refractivity contribution in [2.24, 2.45) is 0 Å². The largest absolute Gasteiger partial charge is 0.496 e. The Bertz CT molecular complexity index is 619. The average molecular weight is 298 g/mol. The summed E-state index contributed by atoms with van der Waals surface area (Å²) in [6, 6.07) is 4.20. The highest BCUT2D eigenvalue weighted by molar-refractivity contribution is 7.98. The van der Waals surface area contributed by atoms with E-state index in [1.54, 1.807) is 0 Å². The summed E-state index contributed by atoms with van der Waals surface area (Å²) in [4.78, 5) is 10.6. The summed E-state index contributed by atoms with van der Waals surface area (Å²) < 4.78 is 19.5. The van der Waals surface area contributed by atoms with E-state index in [4.69, 9.17) is 9.84 Å². The average Bonchev–Trinajstić information content (AvgIpc) is 2.83. The Morgan fingerprint density at radius 3 is 3.05 bits per heavy atom. The molecule has 2 aromatic rings. The first-order valence-corrected chi connectivity index (χ1v) is 6.52. The maximum atomic E-state index is 13.2. The Kier molecular flexibility index (Phi) is 4.51. The first-order valence-electron chi connectivity index (χ1n) is 5.53. The summed E-state index contributed by atoms with van der Waals surface area (Å²) in [5.41, 5.74) is 0.641. The van der Waals surface area contributed by atoms with E-state index in [1.165, 1.54) is 41.8 Å². The monoisotopic (exact) mass is 298 g/mol. The highest BCUT2D eigenvalue weighted by Gasteiger charge is 2.12. The molecule has 20 heavy (non-hydrogen) atoms. The molecule has 0 atom stereocenters. The fourth-order valence-corrected chi connectivity index (χ4v) is 2.38. The van der Waals surface area contributed by atoms with Crippen molar-refractivity contribution >= 4 is 17.7 Å². The van der Waals surface area contributed by atoms with Gasteiger partial charge in [-0.25, -0.2) is 9.07 Å². The number of aromatic nitrogens is 4. The SMILES string of the molecule is COc1ccc(F)cc1CSc1nnnn1CC(=O)O. The molecule has 0 amide bonds. The number of nitrogens with zero attached hydrogens (tertiary/aromatic N) is 4. The lowest BCUT2D eigenvalue weighted by molar-refractivity contribution is -0.138. The molecule has 0 saturated carbocycles. The Balaban J connectivity index is 2.11. The molecule has 0 aliphatic carbocycles. The molecule has 106 valence electrons. The van der Waals surface area contributed by atoms with Crippen molar-refractivity contribution in [2.45, 2.75) is 17.5 Å². The fraction of sp³-hybridized carbons (Fsp3) is 0.273. The van der Waals surface area contributed by atoms with E-state index in [-0.39, 0.29) is 12.4 Å². The molecule has 2 rings (SSSR count). The summed E-state index contributed by atoms with van der Waals surface area (Å²) in [6.07, 6.45) is 0. The minimum Gasteiger partial charge on any atom is -0.496 e. The number of hydrogen-bond acceptors (Lipinski definition) is 6.